The molecule has 0 amide bonds. The zero-order valence-electron chi connectivity index (χ0n) is 13.7. The Labute approximate surface area is 134 Å². The van der Waals surface area contributed by atoms with E-state index in [1.54, 1.807) is 0 Å². The lowest BCUT2D eigenvalue weighted by Crippen LogP contribution is -2.27. The van der Waals surface area contributed by atoms with Gasteiger partial charge in [-0.15, -0.1) is 0 Å². The predicted octanol–water partition coefficient (Wildman–Crippen LogP) is 4.86. The van der Waals surface area contributed by atoms with Crippen LogP contribution < -0.4 is 10.2 Å². The smallest absolute Gasteiger partial charge is 0.0642 e. The van der Waals surface area contributed by atoms with Crippen LogP contribution in [0.25, 0.3) is 0 Å². The van der Waals surface area contributed by atoms with E-state index in [1.165, 1.54) is 30.5 Å². The van der Waals surface area contributed by atoms with Crippen molar-refractivity contribution in [3.8, 4) is 0 Å². The van der Waals surface area contributed by atoms with Crippen LogP contribution in [-0.2, 0) is 6.54 Å². The van der Waals surface area contributed by atoms with Crippen molar-refractivity contribution < 1.29 is 0 Å². The molecule has 0 unspecified atom stereocenters. The zero-order chi connectivity index (χ0) is 15.3. The lowest BCUT2D eigenvalue weighted by molar-refractivity contribution is 0.301. The van der Waals surface area contributed by atoms with E-state index in [2.05, 4.69) is 43.1 Å². The van der Waals surface area contributed by atoms with Crippen LogP contribution in [0.2, 0.25) is 5.02 Å². The van der Waals surface area contributed by atoms with Gasteiger partial charge in [0, 0.05) is 19.6 Å². The van der Waals surface area contributed by atoms with Crippen molar-refractivity contribution in [2.75, 3.05) is 24.5 Å². The van der Waals surface area contributed by atoms with Gasteiger partial charge in [0.15, 0.2) is 0 Å². The van der Waals surface area contributed by atoms with Crippen molar-refractivity contribution in [1.29, 1.82) is 0 Å². The Bertz CT molecular complexity index is 455. The Morgan fingerprint density at radius 2 is 2.00 bits per heavy atom. The monoisotopic (exact) mass is 308 g/mol. The normalized spacial score (nSPS) is 17.4. The highest BCUT2D eigenvalue weighted by Gasteiger charge is 2.36. The number of hydrogen-bond acceptors (Lipinski definition) is 2. The molecule has 1 saturated heterocycles. The van der Waals surface area contributed by atoms with Crippen molar-refractivity contribution in [2.24, 2.45) is 5.41 Å². The van der Waals surface area contributed by atoms with E-state index in [0.717, 1.165) is 37.6 Å². The van der Waals surface area contributed by atoms with E-state index in [1.807, 2.05) is 6.07 Å². The SMILES string of the molecule is CCCNCc1cccc(Cl)c1N1CCC(CC)(CC)C1. The molecule has 0 radical (unpaired) electrons. The number of nitrogens with one attached hydrogen (secondary N) is 1. The molecule has 1 fully saturated rings. The van der Waals surface area contributed by atoms with E-state index in [-0.39, 0.29) is 0 Å². The highest BCUT2D eigenvalue weighted by Crippen LogP contribution is 2.42. The third-order valence-corrected chi connectivity index (χ3v) is 5.37. The second kappa shape index (κ2) is 7.51. The number of benzene rings is 1. The molecule has 0 aromatic heterocycles. The van der Waals surface area contributed by atoms with Crippen LogP contribution in [0.1, 0.15) is 52.0 Å². The molecule has 1 heterocycles. The highest BCUT2D eigenvalue weighted by molar-refractivity contribution is 6.33. The lowest BCUT2D eigenvalue weighted by atomic mass is 9.82. The standard InChI is InChI=1S/C18H29ClN2/c1-4-11-20-13-15-8-7-9-16(19)17(15)21-12-10-18(5-2,6-3)14-21/h7-9,20H,4-6,10-14H2,1-3H3. The zero-order valence-corrected chi connectivity index (χ0v) is 14.5. The predicted molar refractivity (Wildman–Crippen MR) is 93.3 cm³/mol. The minimum absolute atomic E-state index is 0.479. The summed E-state index contributed by atoms with van der Waals surface area (Å²) in [5.41, 5.74) is 3.07. The first-order valence-electron chi connectivity index (χ1n) is 8.39. The van der Waals surface area contributed by atoms with Gasteiger partial charge in [0.2, 0.25) is 0 Å². The molecule has 1 aliphatic heterocycles. The van der Waals surface area contributed by atoms with Gasteiger partial charge in [0.25, 0.3) is 0 Å². The molecule has 0 aliphatic carbocycles. The number of hydrogen-bond donors (Lipinski definition) is 1. The topological polar surface area (TPSA) is 15.3 Å². The van der Waals surface area contributed by atoms with E-state index >= 15 is 0 Å². The Morgan fingerprint density at radius 1 is 1.24 bits per heavy atom. The molecule has 21 heavy (non-hydrogen) atoms. The average molecular weight is 309 g/mol. The summed E-state index contributed by atoms with van der Waals surface area (Å²) in [7, 11) is 0. The van der Waals surface area contributed by atoms with Crippen molar-refractivity contribution >= 4 is 17.3 Å². The number of halogens is 1. The molecule has 0 spiro atoms. The van der Waals surface area contributed by atoms with Crippen molar-refractivity contribution in [2.45, 2.75) is 53.0 Å². The fourth-order valence-electron chi connectivity index (χ4n) is 3.41. The van der Waals surface area contributed by atoms with Gasteiger partial charge in [-0.25, -0.2) is 0 Å². The van der Waals surface area contributed by atoms with Crippen LogP contribution in [0.15, 0.2) is 18.2 Å². The van der Waals surface area contributed by atoms with Gasteiger partial charge in [0.1, 0.15) is 0 Å². The second-order valence-corrected chi connectivity index (χ2v) is 6.71. The largest absolute Gasteiger partial charge is 0.369 e. The van der Waals surface area contributed by atoms with Crippen LogP contribution in [-0.4, -0.2) is 19.6 Å². The van der Waals surface area contributed by atoms with Gasteiger partial charge < -0.3 is 10.2 Å². The third kappa shape index (κ3) is 3.73. The lowest BCUT2D eigenvalue weighted by Gasteiger charge is -2.29. The summed E-state index contributed by atoms with van der Waals surface area (Å²) in [6.45, 7) is 11.1. The molecule has 1 N–H and O–H groups in total. The molecule has 0 atom stereocenters. The van der Waals surface area contributed by atoms with Crippen molar-refractivity contribution in [1.82, 2.24) is 5.32 Å². The maximum atomic E-state index is 6.53. The summed E-state index contributed by atoms with van der Waals surface area (Å²) >= 11 is 6.53. The van der Waals surface area contributed by atoms with Gasteiger partial charge in [-0.05, 0) is 49.3 Å². The summed E-state index contributed by atoms with van der Waals surface area (Å²) in [4.78, 5) is 2.51. The van der Waals surface area contributed by atoms with Gasteiger partial charge >= 0.3 is 0 Å². The maximum Gasteiger partial charge on any atom is 0.0642 e. The molecule has 118 valence electrons. The van der Waals surface area contributed by atoms with Gasteiger partial charge in [0.05, 0.1) is 10.7 Å². The fourth-order valence-corrected chi connectivity index (χ4v) is 3.72. The first-order valence-corrected chi connectivity index (χ1v) is 8.76. The molecule has 1 aromatic carbocycles. The molecule has 2 rings (SSSR count). The average Bonchev–Trinajstić information content (AvgIpc) is 2.92. The highest BCUT2D eigenvalue weighted by atomic mass is 35.5. The Balaban J connectivity index is 2.19. The number of rotatable bonds is 7. The molecule has 1 aromatic rings. The third-order valence-electron chi connectivity index (χ3n) is 5.07. The molecule has 0 bridgehead atoms. The number of nitrogens with zero attached hydrogens (tertiary/aromatic N) is 1. The van der Waals surface area contributed by atoms with E-state index < -0.39 is 0 Å². The fraction of sp³-hybridized carbons (Fsp3) is 0.667. The minimum atomic E-state index is 0.479. The van der Waals surface area contributed by atoms with Crippen LogP contribution in [0.3, 0.4) is 0 Å². The van der Waals surface area contributed by atoms with Crippen LogP contribution in [0, 0.1) is 5.41 Å². The molecular weight excluding hydrogens is 280 g/mol. The first-order chi connectivity index (χ1) is 10.2. The Morgan fingerprint density at radius 3 is 2.62 bits per heavy atom. The number of para-hydroxylation sites is 1. The quantitative estimate of drug-likeness (QED) is 0.724. The van der Waals surface area contributed by atoms with E-state index in [9.17, 15) is 0 Å². The van der Waals surface area contributed by atoms with Crippen LogP contribution in [0.5, 0.6) is 0 Å². The molecular formula is C18H29ClN2. The minimum Gasteiger partial charge on any atom is -0.369 e. The molecule has 1 aliphatic rings. The Kier molecular flexibility index (Phi) is 5.95. The number of anilines is 1. The van der Waals surface area contributed by atoms with E-state index in [4.69, 9.17) is 11.6 Å². The molecule has 3 heteroatoms. The van der Waals surface area contributed by atoms with E-state index in [0.29, 0.717) is 5.41 Å². The van der Waals surface area contributed by atoms with Crippen LogP contribution >= 0.6 is 11.6 Å². The summed E-state index contributed by atoms with van der Waals surface area (Å²) in [5, 5.41) is 4.40. The Hall–Kier alpha value is -0.730. The van der Waals surface area contributed by atoms with Crippen molar-refractivity contribution in [3.63, 3.8) is 0 Å². The first kappa shape index (κ1) is 16.6. The molecule has 2 nitrogen and oxygen atoms in total. The van der Waals surface area contributed by atoms with Gasteiger partial charge in [-0.1, -0.05) is 44.5 Å². The second-order valence-electron chi connectivity index (χ2n) is 6.30. The van der Waals surface area contributed by atoms with Gasteiger partial charge in [-0.2, -0.15) is 0 Å². The van der Waals surface area contributed by atoms with Gasteiger partial charge in [-0.3, -0.25) is 0 Å². The summed E-state index contributed by atoms with van der Waals surface area (Å²) in [5.74, 6) is 0. The molecule has 0 saturated carbocycles. The summed E-state index contributed by atoms with van der Waals surface area (Å²) in [6.07, 6.45) is 4.96. The summed E-state index contributed by atoms with van der Waals surface area (Å²) in [6, 6.07) is 6.30. The van der Waals surface area contributed by atoms with Crippen LogP contribution in [0.4, 0.5) is 5.69 Å². The van der Waals surface area contributed by atoms with Crippen molar-refractivity contribution in [3.05, 3.63) is 28.8 Å². The summed E-state index contributed by atoms with van der Waals surface area (Å²) < 4.78 is 0. The maximum absolute atomic E-state index is 6.53.